The molecule has 1 N–H and O–H groups in total. The van der Waals surface area contributed by atoms with Gasteiger partial charge in [-0.3, -0.25) is 4.68 Å². The van der Waals surface area contributed by atoms with Gasteiger partial charge in [0.1, 0.15) is 0 Å². The fourth-order valence-corrected chi connectivity index (χ4v) is 1.02. The standard InChI is InChI=1S/C7H7BrN2O2/c1-5(7(11)12)3-10-4-6(8)2-9-10/h2,4H,1,3H2,(H,11,12). The Morgan fingerprint density at radius 3 is 2.92 bits per heavy atom. The molecule has 1 heterocycles. The zero-order valence-corrected chi connectivity index (χ0v) is 7.78. The van der Waals surface area contributed by atoms with Crippen molar-refractivity contribution in [2.45, 2.75) is 6.54 Å². The Morgan fingerprint density at radius 2 is 2.50 bits per heavy atom. The number of aromatic nitrogens is 2. The quantitative estimate of drug-likeness (QED) is 0.797. The molecule has 0 saturated carbocycles. The number of hydrogen-bond acceptors (Lipinski definition) is 2. The van der Waals surface area contributed by atoms with Crippen LogP contribution in [0.2, 0.25) is 0 Å². The highest BCUT2D eigenvalue weighted by Crippen LogP contribution is 2.07. The second-order valence-corrected chi connectivity index (χ2v) is 3.18. The van der Waals surface area contributed by atoms with Gasteiger partial charge in [0.05, 0.1) is 22.8 Å². The summed E-state index contributed by atoms with van der Waals surface area (Å²) in [7, 11) is 0. The van der Waals surface area contributed by atoms with E-state index in [1.165, 1.54) is 4.68 Å². The normalized spacial score (nSPS) is 9.75. The van der Waals surface area contributed by atoms with Gasteiger partial charge in [0.25, 0.3) is 0 Å². The third-order valence-electron chi connectivity index (χ3n) is 1.26. The van der Waals surface area contributed by atoms with E-state index in [0.29, 0.717) is 0 Å². The molecule has 64 valence electrons. The third kappa shape index (κ3) is 2.20. The topological polar surface area (TPSA) is 55.1 Å². The van der Waals surface area contributed by atoms with Crippen molar-refractivity contribution in [3.05, 3.63) is 29.0 Å². The lowest BCUT2D eigenvalue weighted by Gasteiger charge is -1.98. The van der Waals surface area contributed by atoms with Crippen molar-refractivity contribution in [2.24, 2.45) is 0 Å². The lowest BCUT2D eigenvalue weighted by Crippen LogP contribution is -2.08. The molecule has 1 aromatic rings. The molecule has 0 unspecified atom stereocenters. The molecule has 0 aliphatic carbocycles. The summed E-state index contributed by atoms with van der Waals surface area (Å²) in [6.07, 6.45) is 3.28. The van der Waals surface area contributed by atoms with E-state index in [1.807, 2.05) is 0 Å². The highest BCUT2D eigenvalue weighted by Gasteiger charge is 2.04. The Labute approximate surface area is 77.6 Å². The number of carboxylic acid groups (broad SMARTS) is 1. The van der Waals surface area contributed by atoms with Crippen LogP contribution in [0.5, 0.6) is 0 Å². The Hall–Kier alpha value is -1.10. The van der Waals surface area contributed by atoms with Gasteiger partial charge in [0.15, 0.2) is 0 Å². The third-order valence-corrected chi connectivity index (χ3v) is 1.67. The summed E-state index contributed by atoms with van der Waals surface area (Å²) in [5.41, 5.74) is 0.116. The Kier molecular flexibility index (Phi) is 2.65. The zero-order valence-electron chi connectivity index (χ0n) is 6.20. The zero-order chi connectivity index (χ0) is 9.14. The predicted molar refractivity (Wildman–Crippen MR) is 46.7 cm³/mol. The highest BCUT2D eigenvalue weighted by atomic mass is 79.9. The van der Waals surface area contributed by atoms with Crippen LogP contribution in [0.15, 0.2) is 29.0 Å². The molecule has 4 nitrogen and oxygen atoms in total. The van der Waals surface area contributed by atoms with Crippen LogP contribution in [0.4, 0.5) is 0 Å². The molecule has 0 fully saturated rings. The van der Waals surface area contributed by atoms with Gasteiger partial charge in [-0.05, 0) is 15.9 Å². The van der Waals surface area contributed by atoms with Crippen molar-refractivity contribution in [3.8, 4) is 0 Å². The molecule has 0 aromatic carbocycles. The van der Waals surface area contributed by atoms with Crippen molar-refractivity contribution in [2.75, 3.05) is 0 Å². The summed E-state index contributed by atoms with van der Waals surface area (Å²) in [4.78, 5) is 10.4. The first kappa shape index (κ1) is 8.99. The summed E-state index contributed by atoms with van der Waals surface area (Å²) < 4.78 is 2.32. The second kappa shape index (κ2) is 3.53. The van der Waals surface area contributed by atoms with E-state index in [1.54, 1.807) is 12.4 Å². The molecular weight excluding hydrogens is 224 g/mol. The number of rotatable bonds is 3. The van der Waals surface area contributed by atoms with Gasteiger partial charge >= 0.3 is 5.97 Å². The van der Waals surface area contributed by atoms with Crippen molar-refractivity contribution in [1.29, 1.82) is 0 Å². The molecule has 0 aliphatic heterocycles. The fraction of sp³-hybridized carbons (Fsp3) is 0.143. The lowest BCUT2D eigenvalue weighted by molar-refractivity contribution is -0.132. The van der Waals surface area contributed by atoms with Crippen molar-refractivity contribution in [3.63, 3.8) is 0 Å². The molecule has 0 amide bonds. The highest BCUT2D eigenvalue weighted by molar-refractivity contribution is 9.10. The molecule has 0 radical (unpaired) electrons. The maximum Gasteiger partial charge on any atom is 0.332 e. The SMILES string of the molecule is C=C(Cn1cc(Br)cn1)C(=O)O. The minimum absolute atomic E-state index is 0.116. The van der Waals surface area contributed by atoms with Crippen LogP contribution in [0.1, 0.15) is 0 Å². The molecule has 5 heteroatoms. The van der Waals surface area contributed by atoms with Crippen LogP contribution in [0.3, 0.4) is 0 Å². The minimum atomic E-state index is -0.998. The van der Waals surface area contributed by atoms with Crippen molar-refractivity contribution >= 4 is 21.9 Å². The first-order valence-corrected chi connectivity index (χ1v) is 3.98. The van der Waals surface area contributed by atoms with Gasteiger partial charge in [0, 0.05) is 6.20 Å². The first-order chi connectivity index (χ1) is 5.59. The second-order valence-electron chi connectivity index (χ2n) is 2.26. The largest absolute Gasteiger partial charge is 0.478 e. The van der Waals surface area contributed by atoms with Crippen LogP contribution < -0.4 is 0 Å². The van der Waals surface area contributed by atoms with Gasteiger partial charge in [-0.25, -0.2) is 4.79 Å². The molecule has 0 atom stereocenters. The summed E-state index contributed by atoms with van der Waals surface area (Å²) in [6.45, 7) is 3.59. The number of halogens is 1. The van der Waals surface area contributed by atoms with Crippen molar-refractivity contribution in [1.82, 2.24) is 9.78 Å². The molecule has 1 rings (SSSR count). The number of nitrogens with zero attached hydrogens (tertiary/aromatic N) is 2. The fourth-order valence-electron chi connectivity index (χ4n) is 0.688. The number of hydrogen-bond donors (Lipinski definition) is 1. The van der Waals surface area contributed by atoms with E-state index in [-0.39, 0.29) is 12.1 Å². The van der Waals surface area contributed by atoms with Crippen LogP contribution in [-0.2, 0) is 11.3 Å². The van der Waals surface area contributed by atoms with Gasteiger partial charge in [-0.15, -0.1) is 0 Å². The average Bonchev–Trinajstić information content (AvgIpc) is 2.35. The van der Waals surface area contributed by atoms with Crippen molar-refractivity contribution < 1.29 is 9.90 Å². The van der Waals surface area contributed by atoms with Crippen LogP contribution in [-0.4, -0.2) is 20.9 Å². The lowest BCUT2D eigenvalue weighted by atomic mass is 10.3. The minimum Gasteiger partial charge on any atom is -0.478 e. The van der Waals surface area contributed by atoms with E-state index < -0.39 is 5.97 Å². The molecular formula is C7H7BrN2O2. The summed E-state index contributed by atoms with van der Waals surface area (Å²) in [5.74, 6) is -0.998. The Morgan fingerprint density at radius 1 is 1.83 bits per heavy atom. The van der Waals surface area contributed by atoms with Crippen LogP contribution in [0.25, 0.3) is 0 Å². The van der Waals surface area contributed by atoms with E-state index in [4.69, 9.17) is 5.11 Å². The smallest absolute Gasteiger partial charge is 0.332 e. The molecule has 0 saturated heterocycles. The summed E-state index contributed by atoms with van der Waals surface area (Å²) in [6, 6.07) is 0. The Bertz CT molecular complexity index is 319. The van der Waals surface area contributed by atoms with Crippen LogP contribution in [0, 0.1) is 0 Å². The average molecular weight is 231 g/mol. The molecule has 0 spiro atoms. The number of carbonyl (C=O) groups is 1. The maximum atomic E-state index is 10.4. The van der Waals surface area contributed by atoms with E-state index in [9.17, 15) is 4.79 Å². The van der Waals surface area contributed by atoms with Gasteiger partial charge in [-0.1, -0.05) is 6.58 Å². The molecule has 0 aliphatic rings. The monoisotopic (exact) mass is 230 g/mol. The molecule has 1 aromatic heterocycles. The molecule has 0 bridgehead atoms. The van der Waals surface area contributed by atoms with Crippen LogP contribution >= 0.6 is 15.9 Å². The summed E-state index contributed by atoms with van der Waals surface area (Å²) >= 11 is 3.20. The van der Waals surface area contributed by atoms with Gasteiger partial charge in [0.2, 0.25) is 0 Å². The van der Waals surface area contributed by atoms with Gasteiger partial charge < -0.3 is 5.11 Å². The number of carboxylic acids is 1. The Balaban J connectivity index is 2.64. The number of aliphatic carboxylic acids is 1. The van der Waals surface area contributed by atoms with E-state index >= 15 is 0 Å². The predicted octanol–water partition coefficient (Wildman–Crippen LogP) is 1.29. The van der Waals surface area contributed by atoms with E-state index in [0.717, 1.165) is 4.47 Å². The molecule has 12 heavy (non-hydrogen) atoms. The maximum absolute atomic E-state index is 10.4. The summed E-state index contributed by atoms with van der Waals surface area (Å²) in [5, 5.41) is 12.4. The van der Waals surface area contributed by atoms with Gasteiger partial charge in [-0.2, -0.15) is 5.10 Å². The first-order valence-electron chi connectivity index (χ1n) is 3.18. The van der Waals surface area contributed by atoms with E-state index in [2.05, 4.69) is 27.6 Å².